The maximum absolute atomic E-state index is 5.44. The maximum atomic E-state index is 5.44. The SMILES string of the molecule is CC1(C)CCC(NCc2cc(Br)c3c(c2)OCO3)C1. The van der Waals surface area contributed by atoms with Crippen LogP contribution in [0.4, 0.5) is 0 Å². The molecule has 104 valence electrons. The molecule has 3 nitrogen and oxygen atoms in total. The van der Waals surface area contributed by atoms with Gasteiger partial charge in [-0.3, -0.25) is 0 Å². The number of halogens is 1. The molecule has 4 heteroatoms. The van der Waals surface area contributed by atoms with Gasteiger partial charge >= 0.3 is 0 Å². The van der Waals surface area contributed by atoms with E-state index in [1.54, 1.807) is 0 Å². The Morgan fingerprint density at radius 3 is 2.95 bits per heavy atom. The van der Waals surface area contributed by atoms with Gasteiger partial charge in [-0.1, -0.05) is 13.8 Å². The molecule has 1 unspecified atom stereocenters. The molecule has 2 aliphatic rings. The van der Waals surface area contributed by atoms with Gasteiger partial charge in [-0.15, -0.1) is 0 Å². The Balaban J connectivity index is 1.63. The summed E-state index contributed by atoms with van der Waals surface area (Å²) in [6.45, 7) is 5.91. The predicted molar refractivity (Wildman–Crippen MR) is 78.5 cm³/mol. The fourth-order valence-electron chi connectivity index (χ4n) is 3.00. The van der Waals surface area contributed by atoms with Gasteiger partial charge in [0.15, 0.2) is 11.5 Å². The molecular formula is C15H20BrNO2. The van der Waals surface area contributed by atoms with Crippen LogP contribution in [0.2, 0.25) is 0 Å². The van der Waals surface area contributed by atoms with Gasteiger partial charge < -0.3 is 14.8 Å². The van der Waals surface area contributed by atoms with Crippen molar-refractivity contribution in [2.24, 2.45) is 5.41 Å². The molecule has 1 aliphatic carbocycles. The van der Waals surface area contributed by atoms with E-state index in [-0.39, 0.29) is 0 Å². The Hall–Kier alpha value is -0.740. The van der Waals surface area contributed by atoms with E-state index in [4.69, 9.17) is 9.47 Å². The highest BCUT2D eigenvalue weighted by Gasteiger charge is 2.30. The molecule has 19 heavy (non-hydrogen) atoms. The van der Waals surface area contributed by atoms with Crippen LogP contribution in [0.25, 0.3) is 0 Å². The summed E-state index contributed by atoms with van der Waals surface area (Å²) in [5, 5.41) is 3.65. The minimum atomic E-state index is 0.321. The fraction of sp³-hybridized carbons (Fsp3) is 0.600. The monoisotopic (exact) mass is 325 g/mol. The van der Waals surface area contributed by atoms with Crippen LogP contribution in [0.5, 0.6) is 11.5 Å². The Kier molecular flexibility index (Phi) is 3.48. The number of hydrogen-bond acceptors (Lipinski definition) is 3. The molecule has 0 amide bonds. The molecule has 1 fully saturated rings. The number of ether oxygens (including phenoxy) is 2. The van der Waals surface area contributed by atoms with Crippen molar-refractivity contribution in [2.45, 2.75) is 45.7 Å². The van der Waals surface area contributed by atoms with Crippen molar-refractivity contribution in [3.63, 3.8) is 0 Å². The third kappa shape index (κ3) is 2.90. The average Bonchev–Trinajstić information content (AvgIpc) is 2.93. The molecule has 3 rings (SSSR count). The summed E-state index contributed by atoms with van der Waals surface area (Å²) in [7, 11) is 0. The minimum absolute atomic E-state index is 0.321. The average molecular weight is 326 g/mol. The predicted octanol–water partition coefficient (Wildman–Crippen LogP) is 3.85. The standard InChI is InChI=1S/C15H20BrNO2/c1-15(2)4-3-11(7-15)17-8-10-5-12(16)14-13(6-10)18-9-19-14/h5-6,11,17H,3-4,7-9H2,1-2H3. The van der Waals surface area contributed by atoms with Crippen LogP contribution in [0, 0.1) is 5.41 Å². The first kappa shape index (κ1) is 13.3. The van der Waals surface area contributed by atoms with E-state index in [2.05, 4.69) is 47.2 Å². The number of fused-ring (bicyclic) bond motifs is 1. The summed E-state index contributed by atoms with van der Waals surface area (Å²) in [5.41, 5.74) is 1.73. The number of hydrogen-bond donors (Lipinski definition) is 1. The van der Waals surface area contributed by atoms with Gasteiger partial charge in [-0.2, -0.15) is 0 Å². The Morgan fingerprint density at radius 2 is 2.21 bits per heavy atom. The highest BCUT2D eigenvalue weighted by Crippen LogP contribution is 2.40. The summed E-state index contributed by atoms with van der Waals surface area (Å²) in [6.07, 6.45) is 3.85. The zero-order valence-corrected chi connectivity index (χ0v) is 13.0. The molecule has 0 spiro atoms. The molecule has 0 saturated heterocycles. The highest BCUT2D eigenvalue weighted by atomic mass is 79.9. The Morgan fingerprint density at radius 1 is 1.37 bits per heavy atom. The highest BCUT2D eigenvalue weighted by molar-refractivity contribution is 9.10. The van der Waals surface area contributed by atoms with Crippen LogP contribution in [-0.4, -0.2) is 12.8 Å². The first-order chi connectivity index (χ1) is 9.03. The van der Waals surface area contributed by atoms with E-state index in [0.29, 0.717) is 18.2 Å². The van der Waals surface area contributed by atoms with Gasteiger partial charge in [0.05, 0.1) is 4.47 Å². The Labute approximate surface area is 122 Å². The summed E-state index contributed by atoms with van der Waals surface area (Å²) in [6, 6.07) is 4.82. The molecule has 1 atom stereocenters. The normalized spacial score (nSPS) is 23.8. The number of rotatable bonds is 3. The zero-order valence-electron chi connectivity index (χ0n) is 11.5. The van der Waals surface area contributed by atoms with Crippen molar-refractivity contribution in [2.75, 3.05) is 6.79 Å². The molecule has 0 aromatic heterocycles. The van der Waals surface area contributed by atoms with E-state index in [1.807, 2.05) is 0 Å². The lowest BCUT2D eigenvalue weighted by molar-refractivity contribution is 0.173. The second-order valence-corrected chi connectivity index (χ2v) is 7.15. The lowest BCUT2D eigenvalue weighted by Crippen LogP contribution is -2.26. The maximum Gasteiger partial charge on any atom is 0.231 e. The van der Waals surface area contributed by atoms with Crippen molar-refractivity contribution < 1.29 is 9.47 Å². The minimum Gasteiger partial charge on any atom is -0.454 e. The van der Waals surface area contributed by atoms with Crippen LogP contribution in [0.1, 0.15) is 38.7 Å². The molecule has 1 aliphatic heterocycles. The molecule has 1 aromatic rings. The van der Waals surface area contributed by atoms with E-state index < -0.39 is 0 Å². The second kappa shape index (κ2) is 4.98. The summed E-state index contributed by atoms with van der Waals surface area (Å²) >= 11 is 3.54. The molecule has 1 saturated carbocycles. The molecular weight excluding hydrogens is 306 g/mol. The van der Waals surface area contributed by atoms with Crippen molar-refractivity contribution in [3.05, 3.63) is 22.2 Å². The summed E-state index contributed by atoms with van der Waals surface area (Å²) in [5.74, 6) is 1.67. The molecule has 0 radical (unpaired) electrons. The second-order valence-electron chi connectivity index (χ2n) is 6.30. The molecule has 1 heterocycles. The molecule has 1 N–H and O–H groups in total. The zero-order chi connectivity index (χ0) is 13.5. The van der Waals surface area contributed by atoms with Gasteiger partial charge in [0.25, 0.3) is 0 Å². The molecule has 0 bridgehead atoms. The third-order valence-corrected chi connectivity index (χ3v) is 4.64. The van der Waals surface area contributed by atoms with E-state index in [9.17, 15) is 0 Å². The van der Waals surface area contributed by atoms with Gasteiger partial charge in [-0.25, -0.2) is 0 Å². The first-order valence-corrected chi connectivity index (χ1v) is 7.64. The number of nitrogens with one attached hydrogen (secondary N) is 1. The van der Waals surface area contributed by atoms with E-state index in [1.165, 1.54) is 24.8 Å². The first-order valence-electron chi connectivity index (χ1n) is 6.85. The van der Waals surface area contributed by atoms with Crippen molar-refractivity contribution in [3.8, 4) is 11.5 Å². The van der Waals surface area contributed by atoms with Crippen LogP contribution in [-0.2, 0) is 6.54 Å². The van der Waals surface area contributed by atoms with Gasteiger partial charge in [0.2, 0.25) is 6.79 Å². The van der Waals surface area contributed by atoms with E-state index in [0.717, 1.165) is 22.5 Å². The van der Waals surface area contributed by atoms with Crippen LogP contribution in [0.15, 0.2) is 16.6 Å². The Bertz CT molecular complexity index is 487. The lowest BCUT2D eigenvalue weighted by Gasteiger charge is -2.18. The van der Waals surface area contributed by atoms with Gasteiger partial charge in [0, 0.05) is 12.6 Å². The lowest BCUT2D eigenvalue weighted by atomic mass is 9.92. The van der Waals surface area contributed by atoms with Crippen LogP contribution < -0.4 is 14.8 Å². The number of benzene rings is 1. The topological polar surface area (TPSA) is 30.5 Å². The summed E-state index contributed by atoms with van der Waals surface area (Å²) in [4.78, 5) is 0. The quantitative estimate of drug-likeness (QED) is 0.915. The molecule has 1 aromatic carbocycles. The summed E-state index contributed by atoms with van der Waals surface area (Å²) < 4.78 is 11.8. The van der Waals surface area contributed by atoms with Crippen molar-refractivity contribution in [1.29, 1.82) is 0 Å². The van der Waals surface area contributed by atoms with Crippen LogP contribution >= 0.6 is 15.9 Å². The van der Waals surface area contributed by atoms with E-state index >= 15 is 0 Å². The largest absolute Gasteiger partial charge is 0.454 e. The van der Waals surface area contributed by atoms with Gasteiger partial charge in [-0.05, 0) is 58.3 Å². The van der Waals surface area contributed by atoms with Crippen LogP contribution in [0.3, 0.4) is 0 Å². The van der Waals surface area contributed by atoms with Gasteiger partial charge in [0.1, 0.15) is 0 Å². The van der Waals surface area contributed by atoms with Crippen molar-refractivity contribution in [1.82, 2.24) is 5.32 Å². The fourth-order valence-corrected chi connectivity index (χ4v) is 3.60. The van der Waals surface area contributed by atoms with Crippen molar-refractivity contribution >= 4 is 15.9 Å². The smallest absolute Gasteiger partial charge is 0.231 e. The third-order valence-electron chi connectivity index (χ3n) is 4.05.